The minimum Gasteiger partial charge on any atom is -0.446 e. The summed E-state index contributed by atoms with van der Waals surface area (Å²) in [5.74, 6) is -3.15. The van der Waals surface area contributed by atoms with Crippen LogP contribution in [0.15, 0.2) is 43.0 Å². The second-order valence-corrected chi connectivity index (χ2v) is 15.8. The molecule has 5 rings (SSSR count). The molecular formula is C32H43N5O8S. The summed E-state index contributed by atoms with van der Waals surface area (Å²) in [6.45, 7) is 8.58. The smallest absolute Gasteiger partial charge is 0.408 e. The molecule has 3 aliphatic carbocycles. The predicted octanol–water partition coefficient (Wildman–Crippen LogP) is 2.05. The van der Waals surface area contributed by atoms with Gasteiger partial charge in [-0.25, -0.2) is 13.2 Å². The Labute approximate surface area is 269 Å². The number of benzene rings is 1. The summed E-state index contributed by atoms with van der Waals surface area (Å²) in [6.07, 6.45) is 4.93. The van der Waals surface area contributed by atoms with E-state index in [2.05, 4.69) is 21.9 Å². The molecule has 4 atom stereocenters. The number of sulfonamides is 1. The molecular weight excluding hydrogens is 614 g/mol. The number of amides is 5. The minimum absolute atomic E-state index is 0.126. The average molecular weight is 658 g/mol. The van der Waals surface area contributed by atoms with Crippen LogP contribution in [0.1, 0.15) is 76.1 Å². The van der Waals surface area contributed by atoms with Crippen LogP contribution in [0.4, 0.5) is 4.79 Å². The Morgan fingerprint density at radius 3 is 2.26 bits per heavy atom. The second-order valence-electron chi connectivity index (χ2n) is 13.8. The van der Waals surface area contributed by atoms with Crippen LogP contribution in [0, 0.1) is 11.3 Å². The SMILES string of the molecule is C=C[C@@H]1C[C@]1(NC(=O)[C@@H]1CN(C(=O)c2ccccc2)CN1C(=O)[C@@H](NC(=O)OC1CCCC1)C(C)(C)C)C(=O)NS(=O)(=O)C1CC1. The van der Waals surface area contributed by atoms with Crippen LogP contribution in [-0.2, 0) is 29.1 Å². The lowest BCUT2D eigenvalue weighted by molar-refractivity contribution is -0.142. The molecule has 1 aliphatic heterocycles. The largest absolute Gasteiger partial charge is 0.446 e. The van der Waals surface area contributed by atoms with Crippen LogP contribution in [-0.4, -0.2) is 90.1 Å². The third-order valence-corrected chi connectivity index (χ3v) is 11.0. The van der Waals surface area contributed by atoms with Gasteiger partial charge in [0.1, 0.15) is 23.7 Å². The fraction of sp³-hybridized carbons (Fsp3) is 0.594. The van der Waals surface area contributed by atoms with Crippen LogP contribution >= 0.6 is 0 Å². The predicted molar refractivity (Wildman–Crippen MR) is 167 cm³/mol. The minimum atomic E-state index is -3.89. The average Bonchev–Trinajstić information content (AvgIpc) is 3.88. The molecule has 5 amide bonds. The maximum atomic E-state index is 14.3. The van der Waals surface area contributed by atoms with Crippen LogP contribution in [0.5, 0.6) is 0 Å². The summed E-state index contributed by atoms with van der Waals surface area (Å²) in [6, 6.07) is 6.05. The van der Waals surface area contributed by atoms with Gasteiger partial charge in [-0.2, -0.15) is 0 Å². The molecule has 1 saturated heterocycles. The molecule has 1 heterocycles. The molecule has 0 spiro atoms. The Morgan fingerprint density at radius 2 is 1.70 bits per heavy atom. The van der Waals surface area contributed by atoms with Gasteiger partial charge < -0.3 is 25.2 Å². The number of alkyl carbamates (subject to hydrolysis) is 1. The van der Waals surface area contributed by atoms with Gasteiger partial charge >= 0.3 is 6.09 Å². The standard InChI is InChI=1S/C32H43N5O8S/c1-5-21-17-32(21,29(41)35-46(43,44)23-15-16-23)34-26(38)24-18-36(27(39)20-11-7-6-8-12-20)19-37(24)28(40)25(31(2,3)4)33-30(42)45-22-13-9-10-14-22/h5-8,11-12,21-25H,1,9-10,13-19H2,2-4H3,(H,33,42)(H,34,38)(H,35,41)/t21-,24+,25-,32-/m1/s1. The molecule has 46 heavy (non-hydrogen) atoms. The molecule has 0 unspecified atom stereocenters. The van der Waals surface area contributed by atoms with Crippen LogP contribution in [0.2, 0.25) is 0 Å². The van der Waals surface area contributed by atoms with E-state index in [1.165, 1.54) is 15.9 Å². The molecule has 3 saturated carbocycles. The number of hydrogen-bond donors (Lipinski definition) is 3. The Kier molecular flexibility index (Phi) is 9.22. The topological polar surface area (TPSA) is 171 Å². The zero-order valence-corrected chi connectivity index (χ0v) is 27.3. The van der Waals surface area contributed by atoms with Crippen LogP contribution < -0.4 is 15.4 Å². The van der Waals surface area contributed by atoms with E-state index < -0.39 is 74.0 Å². The summed E-state index contributed by atoms with van der Waals surface area (Å²) in [7, 11) is -3.89. The molecule has 13 nitrogen and oxygen atoms in total. The first-order valence-electron chi connectivity index (χ1n) is 15.8. The maximum Gasteiger partial charge on any atom is 0.408 e. The highest BCUT2D eigenvalue weighted by molar-refractivity contribution is 7.91. The lowest BCUT2D eigenvalue weighted by Gasteiger charge is -2.35. The van der Waals surface area contributed by atoms with Gasteiger partial charge in [0, 0.05) is 11.5 Å². The van der Waals surface area contributed by atoms with Crippen LogP contribution in [0.25, 0.3) is 0 Å². The number of ether oxygens (including phenoxy) is 1. The molecule has 4 aliphatic rings. The molecule has 0 radical (unpaired) electrons. The van der Waals surface area contributed by atoms with Gasteiger partial charge in [-0.15, -0.1) is 6.58 Å². The van der Waals surface area contributed by atoms with Gasteiger partial charge in [0.05, 0.1) is 18.5 Å². The highest BCUT2D eigenvalue weighted by atomic mass is 32.2. The third kappa shape index (κ3) is 7.06. The van der Waals surface area contributed by atoms with E-state index in [1.54, 1.807) is 51.1 Å². The van der Waals surface area contributed by atoms with Crippen molar-refractivity contribution < 1.29 is 37.1 Å². The fourth-order valence-electron chi connectivity index (χ4n) is 6.15. The Balaban J connectivity index is 1.39. The summed E-state index contributed by atoms with van der Waals surface area (Å²) in [5.41, 5.74) is -2.03. The highest BCUT2D eigenvalue weighted by Crippen LogP contribution is 2.45. The van der Waals surface area contributed by atoms with Crippen molar-refractivity contribution in [1.29, 1.82) is 0 Å². The van der Waals surface area contributed by atoms with Crippen molar-refractivity contribution in [3.05, 3.63) is 48.6 Å². The van der Waals surface area contributed by atoms with Gasteiger partial charge in [-0.3, -0.25) is 23.9 Å². The van der Waals surface area contributed by atoms with E-state index in [9.17, 15) is 32.4 Å². The van der Waals surface area contributed by atoms with Crippen molar-refractivity contribution in [3.8, 4) is 0 Å². The number of rotatable bonds is 10. The third-order valence-electron chi connectivity index (χ3n) is 9.19. The summed E-state index contributed by atoms with van der Waals surface area (Å²) in [5, 5.41) is 4.77. The lowest BCUT2D eigenvalue weighted by Crippen LogP contribution is -2.60. The van der Waals surface area contributed by atoms with Crippen molar-refractivity contribution in [2.45, 2.75) is 94.7 Å². The van der Waals surface area contributed by atoms with Crippen LogP contribution in [0.3, 0.4) is 0 Å². The molecule has 1 aromatic rings. The molecule has 250 valence electrons. The Morgan fingerprint density at radius 1 is 1.04 bits per heavy atom. The molecule has 0 aromatic heterocycles. The van der Waals surface area contributed by atoms with E-state index in [1.807, 2.05) is 0 Å². The first-order chi connectivity index (χ1) is 21.7. The molecule has 3 N–H and O–H groups in total. The van der Waals surface area contributed by atoms with E-state index >= 15 is 0 Å². The number of hydrogen-bond acceptors (Lipinski definition) is 8. The van der Waals surface area contributed by atoms with E-state index in [0.717, 1.165) is 25.7 Å². The Bertz CT molecular complexity index is 1500. The van der Waals surface area contributed by atoms with Gasteiger partial charge in [-0.05, 0) is 62.5 Å². The van der Waals surface area contributed by atoms with E-state index in [-0.39, 0.29) is 25.7 Å². The van der Waals surface area contributed by atoms with Crippen molar-refractivity contribution in [3.63, 3.8) is 0 Å². The van der Waals surface area contributed by atoms with Crippen molar-refractivity contribution in [2.24, 2.45) is 11.3 Å². The summed E-state index contributed by atoms with van der Waals surface area (Å²) in [4.78, 5) is 70.5. The highest BCUT2D eigenvalue weighted by Gasteiger charge is 2.62. The van der Waals surface area contributed by atoms with Crippen molar-refractivity contribution >= 4 is 39.7 Å². The first-order valence-corrected chi connectivity index (χ1v) is 17.3. The summed E-state index contributed by atoms with van der Waals surface area (Å²) >= 11 is 0. The fourth-order valence-corrected chi connectivity index (χ4v) is 7.51. The zero-order chi connectivity index (χ0) is 33.4. The maximum absolute atomic E-state index is 14.3. The zero-order valence-electron chi connectivity index (χ0n) is 26.5. The van der Waals surface area contributed by atoms with Gasteiger partial charge in [0.2, 0.25) is 21.8 Å². The van der Waals surface area contributed by atoms with Crippen molar-refractivity contribution in [1.82, 2.24) is 25.2 Å². The van der Waals surface area contributed by atoms with Crippen molar-refractivity contribution in [2.75, 3.05) is 13.2 Å². The number of carbonyl (C=O) groups is 5. The first kappa shape index (κ1) is 33.4. The number of carbonyl (C=O) groups excluding carboxylic acids is 5. The van der Waals surface area contributed by atoms with Gasteiger partial charge in [0.25, 0.3) is 11.8 Å². The lowest BCUT2D eigenvalue weighted by atomic mass is 9.85. The second kappa shape index (κ2) is 12.7. The van der Waals surface area contributed by atoms with Gasteiger partial charge in [-0.1, -0.05) is 45.0 Å². The molecule has 4 fully saturated rings. The van der Waals surface area contributed by atoms with E-state index in [0.29, 0.717) is 18.4 Å². The molecule has 1 aromatic carbocycles. The monoisotopic (exact) mass is 657 g/mol. The normalized spacial score (nSPS) is 25.4. The van der Waals surface area contributed by atoms with E-state index in [4.69, 9.17) is 4.74 Å². The van der Waals surface area contributed by atoms with Gasteiger partial charge in [0.15, 0.2) is 0 Å². The number of nitrogens with zero attached hydrogens (tertiary/aromatic N) is 2. The quantitative estimate of drug-likeness (QED) is 0.321. The molecule has 14 heteroatoms. The summed E-state index contributed by atoms with van der Waals surface area (Å²) < 4.78 is 32.8. The number of nitrogens with one attached hydrogen (secondary N) is 3. The molecule has 0 bridgehead atoms. The Hall–Kier alpha value is -3.94.